The molecule has 1 N–H and O–H groups in total. The van der Waals surface area contributed by atoms with Crippen molar-refractivity contribution in [1.82, 2.24) is 15.0 Å². The molecule has 0 atom stereocenters. The molecule has 0 unspecified atom stereocenters. The fourth-order valence-electron chi connectivity index (χ4n) is 2.57. The first kappa shape index (κ1) is 19.2. The average Bonchev–Trinajstić information content (AvgIpc) is 3.38. The van der Waals surface area contributed by atoms with Gasteiger partial charge in [-0.25, -0.2) is 9.97 Å². The SMILES string of the molecule is Cc1ccc(OCc2nc(CC(=O)Nc3nc(-c4ccccn4)cs3)cs2)cc1. The summed E-state index contributed by atoms with van der Waals surface area (Å²) in [7, 11) is 0. The van der Waals surface area contributed by atoms with E-state index in [1.54, 1.807) is 6.20 Å². The Hall–Kier alpha value is -3.10. The van der Waals surface area contributed by atoms with Gasteiger partial charge in [-0.2, -0.15) is 0 Å². The molecule has 146 valence electrons. The van der Waals surface area contributed by atoms with Crippen LogP contribution in [0.5, 0.6) is 5.75 Å². The minimum absolute atomic E-state index is 0.150. The number of ether oxygens (including phenoxy) is 1. The molecule has 0 bridgehead atoms. The monoisotopic (exact) mass is 422 g/mol. The molecule has 8 heteroatoms. The van der Waals surface area contributed by atoms with Crippen LogP contribution in [0.15, 0.2) is 59.4 Å². The predicted octanol–water partition coefficient (Wildman–Crippen LogP) is 4.73. The zero-order valence-electron chi connectivity index (χ0n) is 15.7. The highest BCUT2D eigenvalue weighted by Crippen LogP contribution is 2.23. The van der Waals surface area contributed by atoms with E-state index in [1.165, 1.54) is 28.2 Å². The van der Waals surface area contributed by atoms with Crippen molar-refractivity contribution in [1.29, 1.82) is 0 Å². The maximum Gasteiger partial charge on any atom is 0.232 e. The molecule has 0 aliphatic heterocycles. The molecule has 3 aromatic heterocycles. The zero-order valence-corrected chi connectivity index (χ0v) is 17.3. The zero-order chi connectivity index (χ0) is 20.1. The molecule has 0 fully saturated rings. The Morgan fingerprint density at radius 2 is 1.90 bits per heavy atom. The van der Waals surface area contributed by atoms with Crippen LogP contribution in [0.3, 0.4) is 0 Å². The van der Waals surface area contributed by atoms with Gasteiger partial charge in [0, 0.05) is 17.0 Å². The van der Waals surface area contributed by atoms with Crippen LogP contribution in [0.1, 0.15) is 16.3 Å². The van der Waals surface area contributed by atoms with Gasteiger partial charge in [-0.1, -0.05) is 23.8 Å². The highest BCUT2D eigenvalue weighted by molar-refractivity contribution is 7.14. The number of hydrogen-bond acceptors (Lipinski definition) is 7. The number of nitrogens with one attached hydrogen (secondary N) is 1. The first-order chi connectivity index (χ1) is 14.2. The van der Waals surface area contributed by atoms with Crippen molar-refractivity contribution in [2.75, 3.05) is 5.32 Å². The van der Waals surface area contributed by atoms with E-state index in [9.17, 15) is 4.79 Å². The number of pyridine rings is 1. The van der Waals surface area contributed by atoms with E-state index in [4.69, 9.17) is 4.74 Å². The van der Waals surface area contributed by atoms with E-state index >= 15 is 0 Å². The van der Waals surface area contributed by atoms with Gasteiger partial charge in [0.15, 0.2) is 5.13 Å². The third-order valence-electron chi connectivity index (χ3n) is 4.00. The van der Waals surface area contributed by atoms with Crippen LogP contribution in [0, 0.1) is 6.92 Å². The van der Waals surface area contributed by atoms with Crippen LogP contribution in [0.25, 0.3) is 11.4 Å². The first-order valence-electron chi connectivity index (χ1n) is 8.95. The summed E-state index contributed by atoms with van der Waals surface area (Å²) in [6, 6.07) is 13.5. The molecule has 3 heterocycles. The van der Waals surface area contributed by atoms with Gasteiger partial charge in [0.2, 0.25) is 5.91 Å². The maximum atomic E-state index is 12.3. The number of carbonyl (C=O) groups is 1. The van der Waals surface area contributed by atoms with Gasteiger partial charge < -0.3 is 10.1 Å². The van der Waals surface area contributed by atoms with Gasteiger partial charge >= 0.3 is 0 Å². The number of carbonyl (C=O) groups excluding carboxylic acids is 1. The topological polar surface area (TPSA) is 77.0 Å². The lowest BCUT2D eigenvalue weighted by Gasteiger charge is -2.03. The van der Waals surface area contributed by atoms with Crippen molar-refractivity contribution in [3.63, 3.8) is 0 Å². The van der Waals surface area contributed by atoms with Gasteiger partial charge in [0.1, 0.15) is 23.1 Å². The average molecular weight is 423 g/mol. The van der Waals surface area contributed by atoms with Crippen molar-refractivity contribution in [2.24, 2.45) is 0 Å². The van der Waals surface area contributed by atoms with Crippen molar-refractivity contribution < 1.29 is 9.53 Å². The van der Waals surface area contributed by atoms with Gasteiger partial charge in [0.25, 0.3) is 0 Å². The summed E-state index contributed by atoms with van der Waals surface area (Å²) in [5, 5.41) is 7.97. The van der Waals surface area contributed by atoms with Crippen molar-refractivity contribution >= 4 is 33.7 Å². The summed E-state index contributed by atoms with van der Waals surface area (Å²) in [6.45, 7) is 2.42. The number of rotatable bonds is 7. The van der Waals surface area contributed by atoms with E-state index < -0.39 is 0 Å². The molecular formula is C21H18N4O2S2. The highest BCUT2D eigenvalue weighted by Gasteiger charge is 2.12. The molecule has 29 heavy (non-hydrogen) atoms. The predicted molar refractivity (Wildman–Crippen MR) is 115 cm³/mol. The molecule has 0 spiro atoms. The minimum Gasteiger partial charge on any atom is -0.486 e. The second-order valence-electron chi connectivity index (χ2n) is 6.31. The fraction of sp³-hybridized carbons (Fsp3) is 0.143. The van der Waals surface area contributed by atoms with Crippen molar-refractivity contribution in [3.05, 3.63) is 75.7 Å². The van der Waals surface area contributed by atoms with Crippen molar-refractivity contribution in [2.45, 2.75) is 20.0 Å². The highest BCUT2D eigenvalue weighted by atomic mass is 32.1. The second kappa shape index (κ2) is 8.93. The lowest BCUT2D eigenvalue weighted by molar-refractivity contribution is -0.115. The van der Waals surface area contributed by atoms with Gasteiger partial charge in [-0.15, -0.1) is 22.7 Å². The normalized spacial score (nSPS) is 10.7. The number of amides is 1. The Bertz CT molecular complexity index is 1090. The Kier molecular flexibility index (Phi) is 5.92. The molecular weight excluding hydrogens is 404 g/mol. The van der Waals surface area contributed by atoms with E-state index in [-0.39, 0.29) is 12.3 Å². The molecule has 0 aliphatic carbocycles. The first-order valence-corrected chi connectivity index (χ1v) is 10.7. The molecule has 1 amide bonds. The quantitative estimate of drug-likeness (QED) is 0.466. The number of nitrogens with zero attached hydrogens (tertiary/aromatic N) is 3. The number of aromatic nitrogens is 3. The Morgan fingerprint density at radius 3 is 2.69 bits per heavy atom. The van der Waals surface area contributed by atoms with E-state index in [0.29, 0.717) is 11.7 Å². The summed E-state index contributed by atoms with van der Waals surface area (Å²) in [6.07, 6.45) is 1.91. The van der Waals surface area contributed by atoms with Crippen LogP contribution in [0.2, 0.25) is 0 Å². The molecule has 0 radical (unpaired) electrons. The van der Waals surface area contributed by atoms with Gasteiger partial charge in [0.05, 0.1) is 17.8 Å². The third kappa shape index (κ3) is 5.24. The fourth-order valence-corrected chi connectivity index (χ4v) is 3.99. The summed E-state index contributed by atoms with van der Waals surface area (Å²) < 4.78 is 5.74. The molecule has 0 aliphatic rings. The van der Waals surface area contributed by atoms with E-state index in [1.807, 2.05) is 60.1 Å². The number of benzene rings is 1. The van der Waals surface area contributed by atoms with Crippen LogP contribution in [-0.2, 0) is 17.8 Å². The van der Waals surface area contributed by atoms with Crippen molar-refractivity contribution in [3.8, 4) is 17.1 Å². The number of thiazole rings is 2. The number of aryl methyl sites for hydroxylation is 1. The summed E-state index contributed by atoms with van der Waals surface area (Å²) in [5.74, 6) is 0.654. The molecule has 1 aromatic carbocycles. The Labute approximate surface area is 176 Å². The van der Waals surface area contributed by atoms with Crippen LogP contribution in [0.4, 0.5) is 5.13 Å². The Balaban J connectivity index is 1.30. The lowest BCUT2D eigenvalue weighted by Crippen LogP contribution is -2.14. The summed E-state index contributed by atoms with van der Waals surface area (Å²) in [4.78, 5) is 25.5. The van der Waals surface area contributed by atoms with Crippen LogP contribution in [-0.4, -0.2) is 20.9 Å². The molecule has 4 rings (SSSR count). The smallest absolute Gasteiger partial charge is 0.232 e. The van der Waals surface area contributed by atoms with Crippen LogP contribution < -0.4 is 10.1 Å². The van der Waals surface area contributed by atoms with E-state index in [0.717, 1.165) is 27.8 Å². The lowest BCUT2D eigenvalue weighted by atomic mass is 10.2. The molecule has 0 saturated carbocycles. The Morgan fingerprint density at radius 1 is 1.03 bits per heavy atom. The molecule has 6 nitrogen and oxygen atoms in total. The molecule has 0 saturated heterocycles. The molecule has 4 aromatic rings. The third-order valence-corrected chi connectivity index (χ3v) is 5.63. The number of hydrogen-bond donors (Lipinski definition) is 1. The number of anilines is 1. The standard InChI is InChI=1S/C21H18N4O2S2/c1-14-5-7-16(8-6-14)27-11-20-23-15(12-28-20)10-19(26)25-21-24-18(13-29-21)17-4-2-3-9-22-17/h2-9,12-13H,10-11H2,1H3,(H,24,25,26). The van der Waals surface area contributed by atoms with Gasteiger partial charge in [-0.3, -0.25) is 9.78 Å². The van der Waals surface area contributed by atoms with Gasteiger partial charge in [-0.05, 0) is 31.2 Å². The van der Waals surface area contributed by atoms with Crippen LogP contribution >= 0.6 is 22.7 Å². The maximum absolute atomic E-state index is 12.3. The van der Waals surface area contributed by atoms with E-state index in [2.05, 4.69) is 20.3 Å². The minimum atomic E-state index is -0.150. The second-order valence-corrected chi connectivity index (χ2v) is 8.11. The largest absolute Gasteiger partial charge is 0.486 e. The summed E-state index contributed by atoms with van der Waals surface area (Å²) >= 11 is 2.86. The summed E-state index contributed by atoms with van der Waals surface area (Å²) in [5.41, 5.74) is 3.43.